The average Bonchev–Trinajstić information content (AvgIpc) is 3.13. The summed E-state index contributed by atoms with van der Waals surface area (Å²) < 4.78 is 1.57. The molecule has 0 nitrogen and oxygen atoms in total. The molecule has 0 heterocycles. The van der Waals surface area contributed by atoms with Crippen LogP contribution in [0.3, 0.4) is 0 Å². The van der Waals surface area contributed by atoms with E-state index in [1.807, 2.05) is 0 Å². The van der Waals surface area contributed by atoms with Gasteiger partial charge in [-0.05, 0) is 0 Å². The Morgan fingerprint density at radius 1 is 0.783 bits per heavy atom. The Hall–Kier alpha value is -0.703. The van der Waals surface area contributed by atoms with Crippen LogP contribution in [0.4, 0.5) is 0 Å². The Bertz CT molecular complexity index is 774. The fraction of sp³-hybridized carbons (Fsp3) is 0.200. The van der Waals surface area contributed by atoms with Crippen molar-refractivity contribution in [2.45, 2.75) is 20.4 Å². The zero-order valence-electron chi connectivity index (χ0n) is 14.5. The Morgan fingerprint density at radius 2 is 1.22 bits per heavy atom. The topological polar surface area (TPSA) is 0 Å². The van der Waals surface area contributed by atoms with Crippen molar-refractivity contribution in [2.75, 3.05) is 0 Å². The summed E-state index contributed by atoms with van der Waals surface area (Å²) in [6, 6.07) is 18.1. The summed E-state index contributed by atoms with van der Waals surface area (Å²) in [5.41, 5.74) is 5.96. The first-order valence-corrected chi connectivity index (χ1v) is 20.0. The molecule has 2 atom stereocenters. The summed E-state index contributed by atoms with van der Waals surface area (Å²) in [6.07, 6.45) is 9.83. The number of rotatable bonds is 2. The van der Waals surface area contributed by atoms with Crippen LogP contribution in [0.1, 0.15) is 31.0 Å². The van der Waals surface area contributed by atoms with Gasteiger partial charge in [-0.3, -0.25) is 0 Å². The van der Waals surface area contributed by atoms with Gasteiger partial charge in [0.25, 0.3) is 0 Å². The van der Waals surface area contributed by atoms with Gasteiger partial charge in [0.05, 0.1) is 0 Å². The number of benzene rings is 2. The summed E-state index contributed by atoms with van der Waals surface area (Å²) in [7, 11) is 0. The first-order valence-electron chi connectivity index (χ1n) is 7.97. The molecule has 0 spiro atoms. The van der Waals surface area contributed by atoms with Crippen LogP contribution < -0.4 is 12.4 Å². The second kappa shape index (κ2) is 7.04. The fourth-order valence-corrected chi connectivity index (χ4v) is 30.5. The molecule has 2 unspecified atom stereocenters. The monoisotopic (exact) mass is 504 g/mol. The van der Waals surface area contributed by atoms with Crippen molar-refractivity contribution in [2.24, 2.45) is 0 Å². The third-order valence-electron chi connectivity index (χ3n) is 4.85. The zero-order valence-corrected chi connectivity index (χ0v) is 18.8. The van der Waals surface area contributed by atoms with Gasteiger partial charge in [0.2, 0.25) is 0 Å². The molecule has 2 aliphatic rings. The average molecular weight is 503 g/mol. The van der Waals surface area contributed by atoms with Crippen molar-refractivity contribution in [3.05, 3.63) is 82.9 Å². The van der Waals surface area contributed by atoms with Crippen LogP contribution in [0.5, 0.6) is 0 Å². The Balaban J connectivity index is 0.00000104. The predicted molar refractivity (Wildman–Crippen MR) is 95.0 cm³/mol. The van der Waals surface area contributed by atoms with Gasteiger partial charge < -0.3 is 13.8 Å². The van der Waals surface area contributed by atoms with E-state index in [1.54, 1.807) is 11.1 Å². The maximum atomic E-state index is 2.57. The molecule has 0 aliphatic heterocycles. The second-order valence-electron chi connectivity index (χ2n) is 6.39. The van der Waals surface area contributed by atoms with Crippen LogP contribution in [-0.4, -0.2) is 5.49 Å². The van der Waals surface area contributed by atoms with E-state index in [0.717, 1.165) is 7.35 Å². The molecule has 0 fully saturated rings. The molecule has 0 saturated heterocycles. The summed E-state index contributed by atoms with van der Waals surface area (Å²) in [5, 5.41) is 0. The minimum Gasteiger partial charge on any atom is -1.00 e. The van der Waals surface area contributed by atoms with E-state index >= 15 is 0 Å². The van der Waals surface area contributed by atoms with E-state index in [-0.39, 0.29) is 19.3 Å². The number of halogens is 1. The van der Waals surface area contributed by atoms with Crippen LogP contribution in [0.15, 0.2) is 60.7 Å². The molecule has 118 valence electrons. The third-order valence-corrected chi connectivity index (χ3v) is 32.0. The second-order valence-corrected chi connectivity index (χ2v) is 31.6. The number of fused-ring (bicyclic) bond motifs is 2. The molecule has 0 N–H and O–H groups in total. The van der Waals surface area contributed by atoms with Gasteiger partial charge >= 0.3 is 141 Å². The molecule has 2 aromatic carbocycles. The van der Waals surface area contributed by atoms with Gasteiger partial charge in [-0.2, -0.15) is 0 Å². The molecular formula is C20H21ClHfSi-2. The van der Waals surface area contributed by atoms with Crippen LogP contribution in [-0.2, 0) is 20.1 Å². The van der Waals surface area contributed by atoms with Crippen molar-refractivity contribution >= 4 is 17.6 Å². The molecule has 0 bridgehead atoms. The Morgan fingerprint density at radius 3 is 1.65 bits per heavy atom. The van der Waals surface area contributed by atoms with E-state index < -0.39 is 20.1 Å². The van der Waals surface area contributed by atoms with E-state index in [4.69, 9.17) is 0 Å². The summed E-state index contributed by atoms with van der Waals surface area (Å²) in [6.45, 7) is 5.13. The molecule has 0 radical (unpaired) electrons. The molecule has 23 heavy (non-hydrogen) atoms. The first-order chi connectivity index (χ1) is 10.8. The smallest absolute Gasteiger partial charge is 1.00 e. The third kappa shape index (κ3) is 3.01. The van der Waals surface area contributed by atoms with Gasteiger partial charge in [0, 0.05) is 0 Å². The maximum Gasteiger partial charge on any atom is -1.00 e. The van der Waals surface area contributed by atoms with Gasteiger partial charge in [-0.15, -0.1) is 0 Å². The summed E-state index contributed by atoms with van der Waals surface area (Å²) in [5.74, 6) is 0. The molecule has 0 amide bonds. The van der Waals surface area contributed by atoms with Crippen molar-refractivity contribution in [1.29, 1.82) is 0 Å². The predicted octanol–water partition coefficient (Wildman–Crippen LogP) is 2.51. The minimum absolute atomic E-state index is 0. The van der Waals surface area contributed by atoms with E-state index in [9.17, 15) is 0 Å². The van der Waals surface area contributed by atoms with Gasteiger partial charge in [0.15, 0.2) is 0 Å². The normalized spacial score (nSPS) is 19.9. The molecule has 0 saturated carbocycles. The SMILES string of the molecule is C[Si](C)=[Hf]([CH]1C=Cc2ccccc21)[CH]1C=Cc2ccccc21.[Cl-].[H-]. The van der Waals surface area contributed by atoms with E-state index in [1.165, 1.54) is 11.1 Å². The van der Waals surface area contributed by atoms with Crippen molar-refractivity contribution in [1.82, 2.24) is 0 Å². The van der Waals surface area contributed by atoms with Gasteiger partial charge in [-0.1, -0.05) is 0 Å². The molecular weight excluding hydrogens is 482 g/mol. The quantitative estimate of drug-likeness (QED) is 0.553. The Labute approximate surface area is 154 Å². The van der Waals surface area contributed by atoms with Crippen molar-refractivity contribution < 1.29 is 33.9 Å². The van der Waals surface area contributed by atoms with Gasteiger partial charge in [0.1, 0.15) is 0 Å². The van der Waals surface area contributed by atoms with Crippen LogP contribution in [0.25, 0.3) is 12.2 Å². The standard InChI is InChI=1S/2C9H7.C2H6Si.ClH.Hf.H/c2*1-2-5-9-7-3-6-8(9)4-1;1-3-2;;;/h2*1-7H;1-2H3;1H;;/q;;;;;-1/p-1. The minimum atomic E-state index is -1.85. The molecule has 4 rings (SSSR count). The molecule has 0 aromatic heterocycles. The molecule has 3 heteroatoms. The van der Waals surface area contributed by atoms with Crippen LogP contribution in [0, 0.1) is 0 Å². The first kappa shape index (κ1) is 17.1. The number of hydrogen-bond acceptors (Lipinski definition) is 0. The van der Waals surface area contributed by atoms with E-state index in [2.05, 4.69) is 85.9 Å². The maximum absolute atomic E-state index is 2.57. The largest absolute Gasteiger partial charge is 1.00 e. The zero-order chi connectivity index (χ0) is 15.1. The van der Waals surface area contributed by atoms with Crippen LogP contribution in [0.2, 0.25) is 13.1 Å². The molecule has 2 aromatic rings. The van der Waals surface area contributed by atoms with Crippen molar-refractivity contribution in [3.8, 4) is 0 Å². The Kier molecular flexibility index (Phi) is 5.25. The van der Waals surface area contributed by atoms with E-state index in [0.29, 0.717) is 0 Å². The van der Waals surface area contributed by atoms with Crippen molar-refractivity contribution in [3.63, 3.8) is 0 Å². The molecule has 2 aliphatic carbocycles. The number of hydrogen-bond donors (Lipinski definition) is 0. The summed E-state index contributed by atoms with van der Waals surface area (Å²) >= 11 is -1.85. The summed E-state index contributed by atoms with van der Waals surface area (Å²) in [4.78, 5) is 0. The fourth-order valence-electron chi connectivity index (χ4n) is 3.86. The van der Waals surface area contributed by atoms with Crippen LogP contribution >= 0.6 is 0 Å². The van der Waals surface area contributed by atoms with Gasteiger partial charge in [-0.25, -0.2) is 0 Å². The number of allylic oxidation sites excluding steroid dienone is 2.